The number of hydrogen-bond acceptors (Lipinski definition) is 8. The van der Waals surface area contributed by atoms with Crippen molar-refractivity contribution in [3.8, 4) is 11.9 Å². The van der Waals surface area contributed by atoms with E-state index in [4.69, 9.17) is 9.72 Å². The number of likely N-dealkylation sites (tertiary alicyclic amines) is 1. The summed E-state index contributed by atoms with van der Waals surface area (Å²) in [5.41, 5.74) is 5.15. The number of fused-ring (bicyclic) bond motifs is 2. The smallest absolute Gasteiger partial charge is 0.282 e. The van der Waals surface area contributed by atoms with Crippen LogP contribution in [0.2, 0.25) is 0 Å². The van der Waals surface area contributed by atoms with Crippen LogP contribution in [-0.2, 0) is 24.2 Å². The maximum absolute atomic E-state index is 13.8. The number of pyridine rings is 1. The summed E-state index contributed by atoms with van der Waals surface area (Å²) >= 11 is 1.97. The molecule has 2 saturated heterocycles. The van der Waals surface area contributed by atoms with Gasteiger partial charge in [-0.3, -0.25) is 4.79 Å². The fraction of sp³-hybridized carbons (Fsp3) is 0.531. The second kappa shape index (κ2) is 12.5. The second-order valence-corrected chi connectivity index (χ2v) is 12.9. The van der Waals surface area contributed by atoms with Gasteiger partial charge >= 0.3 is 0 Å². The number of nitriles is 1. The molecular formula is C32H39FN6O2S. The molecule has 0 aliphatic carbocycles. The summed E-state index contributed by atoms with van der Waals surface area (Å²) < 4.78 is 20.2. The van der Waals surface area contributed by atoms with Gasteiger partial charge in [-0.15, -0.1) is 11.8 Å². The van der Waals surface area contributed by atoms with Crippen LogP contribution in [0, 0.1) is 11.3 Å². The van der Waals surface area contributed by atoms with E-state index in [-0.39, 0.29) is 6.42 Å². The van der Waals surface area contributed by atoms with E-state index in [1.807, 2.05) is 11.8 Å². The van der Waals surface area contributed by atoms with Gasteiger partial charge in [-0.2, -0.15) is 10.2 Å². The summed E-state index contributed by atoms with van der Waals surface area (Å²) in [5, 5.41) is 9.50. The van der Waals surface area contributed by atoms with Crippen LogP contribution < -0.4 is 14.5 Å². The first-order valence-corrected chi connectivity index (χ1v) is 16.0. The number of likely N-dealkylation sites (N-methyl/N-ethyl adjacent to an activating group) is 1. The Kier molecular flexibility index (Phi) is 8.59. The number of amides is 1. The van der Waals surface area contributed by atoms with Gasteiger partial charge in [0.15, 0.2) is 5.83 Å². The first-order valence-electron chi connectivity index (χ1n) is 15.1. The van der Waals surface area contributed by atoms with Gasteiger partial charge in [0, 0.05) is 55.3 Å². The summed E-state index contributed by atoms with van der Waals surface area (Å²) in [5.74, 6) is 0.908. The highest BCUT2D eigenvalue weighted by Gasteiger charge is 2.35. The standard InChI is InChI=1S/C32H39FN6O2S/c1-22(33)32(40)39-16-15-38(20-25(39)10-12-34)31-27-11-14-37(28-9-3-6-23-7-5-17-42-30(23)28)19-24(27)18-29(35-31)41-21-26-8-4-13-36(26)2/h3,6,9,18,25-26H,1,4-5,7-8,10-11,13-17,19-21H2,2H3/t25-,26-/m0/s1. The van der Waals surface area contributed by atoms with E-state index in [0.29, 0.717) is 38.2 Å². The summed E-state index contributed by atoms with van der Waals surface area (Å²) in [6, 6.07) is 10.9. The first-order chi connectivity index (χ1) is 20.4. The van der Waals surface area contributed by atoms with E-state index in [1.54, 1.807) is 0 Å². The molecule has 0 spiro atoms. The summed E-state index contributed by atoms with van der Waals surface area (Å²) in [6.07, 6.45) is 5.60. The number of carbonyl (C=O) groups is 1. The van der Waals surface area contributed by atoms with Crippen molar-refractivity contribution in [3.63, 3.8) is 0 Å². The molecule has 0 radical (unpaired) electrons. The maximum atomic E-state index is 13.8. The van der Waals surface area contributed by atoms with E-state index in [0.717, 1.165) is 50.5 Å². The van der Waals surface area contributed by atoms with Gasteiger partial charge in [0.05, 0.1) is 24.2 Å². The third-order valence-corrected chi connectivity index (χ3v) is 10.4. The van der Waals surface area contributed by atoms with E-state index in [1.165, 1.54) is 45.0 Å². The monoisotopic (exact) mass is 590 g/mol. The molecule has 1 aromatic carbocycles. The number of halogens is 1. The molecule has 0 bridgehead atoms. The van der Waals surface area contributed by atoms with Gasteiger partial charge in [-0.1, -0.05) is 18.7 Å². The highest BCUT2D eigenvalue weighted by Crippen LogP contribution is 2.41. The Bertz CT molecular complexity index is 1400. The predicted molar refractivity (Wildman–Crippen MR) is 164 cm³/mol. The molecular weight excluding hydrogens is 551 g/mol. The molecule has 0 unspecified atom stereocenters. The van der Waals surface area contributed by atoms with Gasteiger partial charge in [-0.25, -0.2) is 4.39 Å². The molecule has 2 aromatic rings. The van der Waals surface area contributed by atoms with E-state index in [9.17, 15) is 14.4 Å². The molecule has 6 rings (SSSR count). The average molecular weight is 591 g/mol. The normalized spacial score (nSPS) is 22.4. The quantitative estimate of drug-likeness (QED) is 0.435. The predicted octanol–water partition coefficient (Wildman–Crippen LogP) is 4.57. The molecule has 42 heavy (non-hydrogen) atoms. The molecule has 4 aliphatic rings. The van der Waals surface area contributed by atoms with Crippen molar-refractivity contribution < 1.29 is 13.9 Å². The molecule has 5 heterocycles. The molecule has 8 nitrogen and oxygen atoms in total. The molecule has 1 amide bonds. The van der Waals surface area contributed by atoms with Crippen LogP contribution in [0.5, 0.6) is 5.88 Å². The van der Waals surface area contributed by atoms with E-state index in [2.05, 4.69) is 58.7 Å². The molecule has 10 heteroatoms. The van der Waals surface area contributed by atoms with Crippen molar-refractivity contribution in [1.29, 1.82) is 5.26 Å². The van der Waals surface area contributed by atoms with Crippen LogP contribution in [0.3, 0.4) is 0 Å². The van der Waals surface area contributed by atoms with Crippen molar-refractivity contribution in [2.45, 2.75) is 62.0 Å². The largest absolute Gasteiger partial charge is 0.476 e. The van der Waals surface area contributed by atoms with Crippen molar-refractivity contribution in [3.05, 3.63) is 53.4 Å². The number of aromatic nitrogens is 1. The fourth-order valence-corrected chi connectivity index (χ4v) is 8.01. The van der Waals surface area contributed by atoms with Crippen molar-refractivity contribution in [2.24, 2.45) is 0 Å². The minimum atomic E-state index is -0.990. The number of benzene rings is 1. The van der Waals surface area contributed by atoms with Crippen molar-refractivity contribution >= 4 is 29.2 Å². The lowest BCUT2D eigenvalue weighted by atomic mass is 9.98. The van der Waals surface area contributed by atoms with E-state index >= 15 is 0 Å². The number of anilines is 2. The molecule has 2 atom stereocenters. The Labute approximate surface area is 252 Å². The molecule has 0 saturated carbocycles. The van der Waals surface area contributed by atoms with Gasteiger partial charge in [0.25, 0.3) is 5.91 Å². The minimum Gasteiger partial charge on any atom is -0.476 e. The van der Waals surface area contributed by atoms with Crippen LogP contribution >= 0.6 is 11.8 Å². The number of aryl methyl sites for hydroxylation is 1. The second-order valence-electron chi connectivity index (χ2n) is 11.8. The lowest BCUT2D eigenvalue weighted by Gasteiger charge is -2.42. The highest BCUT2D eigenvalue weighted by molar-refractivity contribution is 7.99. The number of carbonyl (C=O) groups excluding carboxylic acids is 1. The van der Waals surface area contributed by atoms with Gasteiger partial charge in [-0.05, 0) is 68.6 Å². The molecule has 0 N–H and O–H groups in total. The molecule has 4 aliphatic heterocycles. The minimum absolute atomic E-state index is 0.118. The number of piperazine rings is 1. The number of nitrogens with zero attached hydrogens (tertiary/aromatic N) is 6. The number of ether oxygens (including phenoxy) is 1. The highest BCUT2D eigenvalue weighted by atomic mass is 32.2. The van der Waals surface area contributed by atoms with Crippen LogP contribution in [0.25, 0.3) is 0 Å². The summed E-state index contributed by atoms with van der Waals surface area (Å²) in [6.45, 7) is 7.74. The Balaban J connectivity index is 1.31. The number of thioether (sulfide) groups is 1. The zero-order chi connectivity index (χ0) is 29.2. The fourth-order valence-electron chi connectivity index (χ4n) is 6.81. The number of rotatable bonds is 7. The molecule has 2 fully saturated rings. The maximum Gasteiger partial charge on any atom is 0.282 e. The van der Waals surface area contributed by atoms with Gasteiger partial charge in [0.1, 0.15) is 12.4 Å². The zero-order valence-corrected chi connectivity index (χ0v) is 25.2. The van der Waals surface area contributed by atoms with Crippen LogP contribution in [0.4, 0.5) is 15.9 Å². The SMILES string of the molecule is C=C(F)C(=O)N1CCN(c2nc(OC[C@@H]3CCCN3C)cc3c2CCN(c2cccc4c2SCCC4)C3)C[C@@H]1CC#N. The summed E-state index contributed by atoms with van der Waals surface area (Å²) in [7, 11) is 2.14. The van der Waals surface area contributed by atoms with Gasteiger partial charge in [0.2, 0.25) is 5.88 Å². The van der Waals surface area contributed by atoms with Crippen LogP contribution in [-0.4, -0.2) is 84.9 Å². The topological polar surface area (TPSA) is 75.9 Å². The van der Waals surface area contributed by atoms with E-state index < -0.39 is 17.8 Å². The Morgan fingerprint density at radius 1 is 1.17 bits per heavy atom. The average Bonchev–Trinajstić information content (AvgIpc) is 3.43. The zero-order valence-electron chi connectivity index (χ0n) is 24.4. The van der Waals surface area contributed by atoms with Gasteiger partial charge < -0.3 is 24.3 Å². The Morgan fingerprint density at radius 2 is 2.05 bits per heavy atom. The Morgan fingerprint density at radius 3 is 2.83 bits per heavy atom. The van der Waals surface area contributed by atoms with Crippen LogP contribution in [0.1, 0.15) is 42.4 Å². The number of hydrogen-bond donors (Lipinski definition) is 0. The third kappa shape index (κ3) is 5.82. The lowest BCUT2D eigenvalue weighted by Crippen LogP contribution is -2.55. The Hall–Kier alpha value is -3.29. The molecule has 1 aromatic heterocycles. The third-order valence-electron chi connectivity index (χ3n) is 9.11. The lowest BCUT2D eigenvalue weighted by molar-refractivity contribution is -0.131. The van der Waals surface area contributed by atoms with Crippen molar-refractivity contribution in [2.75, 3.05) is 61.9 Å². The van der Waals surface area contributed by atoms with Crippen LogP contribution in [0.15, 0.2) is 41.6 Å². The van der Waals surface area contributed by atoms with Crippen molar-refractivity contribution in [1.82, 2.24) is 14.8 Å². The first kappa shape index (κ1) is 28.8. The summed E-state index contributed by atoms with van der Waals surface area (Å²) in [4.78, 5) is 27.4. The molecule has 222 valence electrons.